The van der Waals surface area contributed by atoms with Crippen molar-refractivity contribution in [1.29, 1.82) is 0 Å². The van der Waals surface area contributed by atoms with Crippen molar-refractivity contribution in [3.63, 3.8) is 0 Å². The van der Waals surface area contributed by atoms with E-state index < -0.39 is 10.0 Å². The molecule has 0 heterocycles. The molecule has 0 atom stereocenters. The van der Waals surface area contributed by atoms with Gasteiger partial charge in [0.2, 0.25) is 0 Å². The van der Waals surface area contributed by atoms with Gasteiger partial charge in [-0.15, -0.1) is 11.8 Å². The van der Waals surface area contributed by atoms with Crippen molar-refractivity contribution >= 4 is 39.1 Å². The average molecular weight is 436 g/mol. The highest BCUT2D eigenvalue weighted by Gasteiger charge is 2.17. The van der Waals surface area contributed by atoms with Crippen LogP contribution in [0.4, 0.5) is 5.69 Å². The SMILES string of the molecule is COc1cccc(Oc2ccc(Cl)cc2NS(=O)(=O)c2ccc(SC)cc2)c1. The van der Waals surface area contributed by atoms with Crippen molar-refractivity contribution in [1.82, 2.24) is 0 Å². The molecule has 3 aromatic rings. The maximum Gasteiger partial charge on any atom is 0.262 e. The standard InChI is InChI=1S/C20H18ClNO4S2/c1-25-15-4-3-5-16(13-15)26-20-11-6-14(21)12-19(20)22-28(23,24)18-9-7-17(27-2)8-10-18/h3-13,22H,1-2H3. The minimum absolute atomic E-state index is 0.151. The summed E-state index contributed by atoms with van der Waals surface area (Å²) < 4.78 is 39.2. The molecule has 1 N–H and O–H groups in total. The molecule has 0 saturated carbocycles. The van der Waals surface area contributed by atoms with Crippen LogP contribution in [0.25, 0.3) is 0 Å². The van der Waals surface area contributed by atoms with Crippen LogP contribution in [0.15, 0.2) is 76.5 Å². The van der Waals surface area contributed by atoms with Gasteiger partial charge < -0.3 is 9.47 Å². The lowest BCUT2D eigenvalue weighted by molar-refractivity contribution is 0.409. The number of halogens is 1. The molecule has 0 spiro atoms. The first kappa shape index (κ1) is 20.4. The van der Waals surface area contributed by atoms with Gasteiger partial charge in [0.1, 0.15) is 11.5 Å². The highest BCUT2D eigenvalue weighted by molar-refractivity contribution is 7.98. The second kappa shape index (κ2) is 8.77. The number of anilines is 1. The Morgan fingerprint density at radius 2 is 1.68 bits per heavy atom. The fraction of sp³-hybridized carbons (Fsp3) is 0.100. The van der Waals surface area contributed by atoms with Gasteiger partial charge in [-0.2, -0.15) is 0 Å². The molecule has 0 unspecified atom stereocenters. The molecule has 28 heavy (non-hydrogen) atoms. The van der Waals surface area contributed by atoms with Gasteiger partial charge in [0.05, 0.1) is 17.7 Å². The number of thioether (sulfide) groups is 1. The van der Waals surface area contributed by atoms with E-state index in [0.29, 0.717) is 22.3 Å². The van der Waals surface area contributed by atoms with Gasteiger partial charge in [0.25, 0.3) is 10.0 Å². The largest absolute Gasteiger partial charge is 0.497 e. The summed E-state index contributed by atoms with van der Waals surface area (Å²) in [6.45, 7) is 0. The lowest BCUT2D eigenvalue weighted by Crippen LogP contribution is -2.13. The van der Waals surface area contributed by atoms with Gasteiger partial charge in [-0.3, -0.25) is 4.72 Å². The second-order valence-corrected chi connectivity index (χ2v) is 8.70. The van der Waals surface area contributed by atoms with E-state index in [-0.39, 0.29) is 10.6 Å². The van der Waals surface area contributed by atoms with Gasteiger partial charge in [-0.05, 0) is 60.9 Å². The minimum atomic E-state index is -3.81. The van der Waals surface area contributed by atoms with E-state index in [9.17, 15) is 8.42 Å². The molecule has 0 aromatic heterocycles. The van der Waals surface area contributed by atoms with Crippen molar-refractivity contribution in [2.75, 3.05) is 18.1 Å². The van der Waals surface area contributed by atoms with Crippen molar-refractivity contribution in [3.8, 4) is 17.2 Å². The maximum absolute atomic E-state index is 12.8. The van der Waals surface area contributed by atoms with Gasteiger partial charge in [-0.1, -0.05) is 17.7 Å². The average Bonchev–Trinajstić information content (AvgIpc) is 2.70. The van der Waals surface area contributed by atoms with Crippen LogP contribution in [0, 0.1) is 0 Å². The van der Waals surface area contributed by atoms with Gasteiger partial charge in [-0.25, -0.2) is 8.42 Å². The number of benzene rings is 3. The van der Waals surface area contributed by atoms with Crippen molar-refractivity contribution < 1.29 is 17.9 Å². The van der Waals surface area contributed by atoms with Crippen LogP contribution >= 0.6 is 23.4 Å². The normalized spacial score (nSPS) is 11.1. The topological polar surface area (TPSA) is 64.6 Å². The summed E-state index contributed by atoms with van der Waals surface area (Å²) in [4.78, 5) is 1.13. The summed E-state index contributed by atoms with van der Waals surface area (Å²) in [5.74, 6) is 1.45. The molecular formula is C20H18ClNO4S2. The van der Waals surface area contributed by atoms with Crippen LogP contribution in [-0.4, -0.2) is 21.8 Å². The van der Waals surface area contributed by atoms with Crippen LogP contribution in [0.1, 0.15) is 0 Å². The summed E-state index contributed by atoms with van der Waals surface area (Å²) in [7, 11) is -2.25. The van der Waals surface area contributed by atoms with Gasteiger partial charge in [0.15, 0.2) is 5.75 Å². The first-order valence-corrected chi connectivity index (χ1v) is 11.3. The van der Waals surface area contributed by atoms with Crippen molar-refractivity contribution in [2.45, 2.75) is 9.79 Å². The Kier molecular flexibility index (Phi) is 6.39. The number of sulfonamides is 1. The van der Waals surface area contributed by atoms with E-state index in [2.05, 4.69) is 4.72 Å². The number of rotatable bonds is 7. The monoisotopic (exact) mass is 435 g/mol. The maximum atomic E-state index is 12.8. The van der Waals surface area contributed by atoms with E-state index in [1.807, 2.05) is 6.26 Å². The third-order valence-corrected chi connectivity index (χ3v) is 6.18. The Hall–Kier alpha value is -2.35. The van der Waals surface area contributed by atoms with Crippen LogP contribution in [-0.2, 0) is 10.0 Å². The van der Waals surface area contributed by atoms with E-state index in [0.717, 1.165) is 4.90 Å². The summed E-state index contributed by atoms with van der Waals surface area (Å²) in [5.41, 5.74) is 0.240. The quantitative estimate of drug-likeness (QED) is 0.485. The number of ether oxygens (including phenoxy) is 2. The predicted octanol–water partition coefficient (Wildman–Crippen LogP) is 5.66. The zero-order valence-corrected chi connectivity index (χ0v) is 17.6. The van der Waals surface area contributed by atoms with Gasteiger partial charge >= 0.3 is 0 Å². The molecule has 3 rings (SSSR count). The molecule has 5 nitrogen and oxygen atoms in total. The Labute approximate surface area is 173 Å². The summed E-state index contributed by atoms with van der Waals surface area (Å²) in [6.07, 6.45) is 1.93. The second-order valence-electron chi connectivity index (χ2n) is 5.70. The fourth-order valence-corrected chi connectivity index (χ4v) is 4.06. The highest BCUT2D eigenvalue weighted by Crippen LogP contribution is 2.34. The van der Waals surface area contributed by atoms with Crippen LogP contribution in [0.2, 0.25) is 5.02 Å². The fourth-order valence-electron chi connectivity index (χ4n) is 2.42. The molecule has 0 bridgehead atoms. The Balaban J connectivity index is 1.91. The zero-order chi connectivity index (χ0) is 20.1. The molecule has 0 aliphatic rings. The number of hydrogen-bond acceptors (Lipinski definition) is 5. The van der Waals surface area contributed by atoms with E-state index in [1.54, 1.807) is 67.8 Å². The summed E-state index contributed by atoms with van der Waals surface area (Å²) in [6, 6.07) is 18.4. The smallest absolute Gasteiger partial charge is 0.262 e. The van der Waals surface area contributed by atoms with E-state index in [1.165, 1.54) is 17.8 Å². The van der Waals surface area contributed by atoms with Crippen molar-refractivity contribution in [3.05, 3.63) is 71.8 Å². The summed E-state index contributed by atoms with van der Waals surface area (Å²) >= 11 is 7.61. The molecular weight excluding hydrogens is 418 g/mol. The molecule has 3 aromatic carbocycles. The number of hydrogen-bond donors (Lipinski definition) is 1. The minimum Gasteiger partial charge on any atom is -0.497 e. The highest BCUT2D eigenvalue weighted by atomic mass is 35.5. The molecule has 0 amide bonds. The lowest BCUT2D eigenvalue weighted by atomic mass is 10.3. The third-order valence-electron chi connectivity index (χ3n) is 3.82. The molecule has 8 heteroatoms. The molecule has 0 fully saturated rings. The lowest BCUT2D eigenvalue weighted by Gasteiger charge is -2.14. The summed E-state index contributed by atoms with van der Waals surface area (Å²) in [5, 5.41) is 0.383. The van der Waals surface area contributed by atoms with Gasteiger partial charge in [0, 0.05) is 16.0 Å². The van der Waals surface area contributed by atoms with E-state index >= 15 is 0 Å². The van der Waals surface area contributed by atoms with Crippen molar-refractivity contribution in [2.24, 2.45) is 0 Å². The molecule has 0 saturated heterocycles. The Bertz CT molecular complexity index is 1070. The number of nitrogens with one attached hydrogen (secondary N) is 1. The molecule has 146 valence electrons. The first-order chi connectivity index (χ1) is 13.4. The number of methoxy groups -OCH3 is 1. The third kappa shape index (κ3) is 4.92. The van der Waals surface area contributed by atoms with Crippen LogP contribution < -0.4 is 14.2 Å². The van der Waals surface area contributed by atoms with Crippen LogP contribution in [0.3, 0.4) is 0 Å². The predicted molar refractivity (Wildman–Crippen MR) is 114 cm³/mol. The Morgan fingerprint density at radius 3 is 2.36 bits per heavy atom. The van der Waals surface area contributed by atoms with Crippen LogP contribution in [0.5, 0.6) is 17.2 Å². The Morgan fingerprint density at radius 1 is 0.964 bits per heavy atom. The molecule has 0 aliphatic carbocycles. The molecule has 0 aliphatic heterocycles. The molecule has 0 radical (unpaired) electrons. The first-order valence-electron chi connectivity index (χ1n) is 8.19. The zero-order valence-electron chi connectivity index (χ0n) is 15.2. The van der Waals surface area contributed by atoms with E-state index in [4.69, 9.17) is 21.1 Å².